The number of fused-ring (bicyclic) bond motifs is 1. The first-order valence-corrected chi connectivity index (χ1v) is 9.70. The molecular formula is C22H27N3O3. The first kappa shape index (κ1) is 19.7. The molecule has 0 aromatic heterocycles. The maximum atomic E-state index is 13.2. The smallest absolute Gasteiger partial charge is 0.320 e. The van der Waals surface area contributed by atoms with Gasteiger partial charge < -0.3 is 20.3 Å². The molecule has 6 nitrogen and oxygen atoms in total. The van der Waals surface area contributed by atoms with Crippen LogP contribution in [0, 0.1) is 5.92 Å². The molecule has 0 saturated carbocycles. The SMILES string of the molecule is CCOc1ccccc1NC(=O)N[C@H](C(=O)N1CCc2ccccc21)C(C)C. The Morgan fingerprint density at radius 1 is 1.11 bits per heavy atom. The summed E-state index contributed by atoms with van der Waals surface area (Å²) in [6, 6.07) is 14.1. The quantitative estimate of drug-likeness (QED) is 0.799. The fourth-order valence-electron chi connectivity index (χ4n) is 3.40. The Balaban J connectivity index is 1.72. The summed E-state index contributed by atoms with van der Waals surface area (Å²) in [4.78, 5) is 27.5. The average Bonchev–Trinajstić information content (AvgIpc) is 3.11. The summed E-state index contributed by atoms with van der Waals surface area (Å²) in [5.41, 5.74) is 2.67. The molecule has 3 amide bonds. The fraction of sp³-hybridized carbons (Fsp3) is 0.364. The number of amides is 3. The average molecular weight is 381 g/mol. The molecule has 6 heteroatoms. The molecule has 0 saturated heterocycles. The number of rotatable bonds is 6. The topological polar surface area (TPSA) is 70.7 Å². The molecule has 148 valence electrons. The number of carbonyl (C=O) groups is 2. The van der Waals surface area contributed by atoms with Gasteiger partial charge in [-0.05, 0) is 43.0 Å². The van der Waals surface area contributed by atoms with Gasteiger partial charge in [0.25, 0.3) is 0 Å². The summed E-state index contributed by atoms with van der Waals surface area (Å²) < 4.78 is 5.54. The molecule has 2 N–H and O–H groups in total. The highest BCUT2D eigenvalue weighted by atomic mass is 16.5. The summed E-state index contributed by atoms with van der Waals surface area (Å²) in [5, 5.41) is 5.64. The summed E-state index contributed by atoms with van der Waals surface area (Å²) >= 11 is 0. The van der Waals surface area contributed by atoms with Crippen molar-refractivity contribution in [1.29, 1.82) is 0 Å². The van der Waals surface area contributed by atoms with E-state index < -0.39 is 12.1 Å². The first-order chi connectivity index (χ1) is 13.5. The van der Waals surface area contributed by atoms with Crippen LogP contribution in [0.25, 0.3) is 0 Å². The lowest BCUT2D eigenvalue weighted by molar-refractivity contribution is -0.121. The van der Waals surface area contributed by atoms with E-state index in [1.165, 1.54) is 0 Å². The van der Waals surface area contributed by atoms with Crippen LogP contribution in [0.5, 0.6) is 5.75 Å². The number of hydrogen-bond donors (Lipinski definition) is 2. The molecule has 0 spiro atoms. The second-order valence-corrected chi connectivity index (χ2v) is 7.12. The zero-order valence-corrected chi connectivity index (χ0v) is 16.6. The van der Waals surface area contributed by atoms with Crippen LogP contribution >= 0.6 is 0 Å². The second-order valence-electron chi connectivity index (χ2n) is 7.12. The van der Waals surface area contributed by atoms with Crippen LogP contribution in [0.3, 0.4) is 0 Å². The van der Waals surface area contributed by atoms with Crippen molar-refractivity contribution in [2.24, 2.45) is 5.92 Å². The minimum Gasteiger partial charge on any atom is -0.492 e. The van der Waals surface area contributed by atoms with Gasteiger partial charge in [-0.1, -0.05) is 44.2 Å². The van der Waals surface area contributed by atoms with E-state index in [1.807, 2.05) is 57.2 Å². The van der Waals surface area contributed by atoms with Gasteiger partial charge >= 0.3 is 6.03 Å². The van der Waals surface area contributed by atoms with Gasteiger partial charge in [0.1, 0.15) is 11.8 Å². The lowest BCUT2D eigenvalue weighted by atomic mass is 10.0. The molecule has 2 aromatic rings. The summed E-state index contributed by atoms with van der Waals surface area (Å²) in [5.74, 6) is 0.461. The van der Waals surface area contributed by atoms with Crippen molar-refractivity contribution in [3.05, 3.63) is 54.1 Å². The Labute approximate surface area is 165 Å². The molecule has 28 heavy (non-hydrogen) atoms. The number of nitrogens with zero attached hydrogens (tertiary/aromatic N) is 1. The fourth-order valence-corrected chi connectivity index (χ4v) is 3.40. The minimum atomic E-state index is -0.620. The van der Waals surface area contributed by atoms with Gasteiger partial charge in [-0.3, -0.25) is 4.79 Å². The Morgan fingerprint density at radius 3 is 2.57 bits per heavy atom. The van der Waals surface area contributed by atoms with Crippen molar-refractivity contribution in [1.82, 2.24) is 5.32 Å². The van der Waals surface area contributed by atoms with Crippen LogP contribution < -0.4 is 20.3 Å². The summed E-state index contributed by atoms with van der Waals surface area (Å²) in [6.07, 6.45) is 0.834. The van der Waals surface area contributed by atoms with Crippen molar-refractivity contribution in [2.75, 3.05) is 23.4 Å². The number of urea groups is 1. The Hall–Kier alpha value is -3.02. The van der Waals surface area contributed by atoms with E-state index in [-0.39, 0.29) is 11.8 Å². The minimum absolute atomic E-state index is 0.0480. The summed E-state index contributed by atoms with van der Waals surface area (Å²) in [6.45, 7) is 6.88. The van der Waals surface area contributed by atoms with Gasteiger partial charge in [0.2, 0.25) is 5.91 Å². The van der Waals surface area contributed by atoms with Crippen molar-refractivity contribution in [3.8, 4) is 5.75 Å². The lowest BCUT2D eigenvalue weighted by Crippen LogP contribution is -2.52. The van der Waals surface area contributed by atoms with Gasteiger partial charge in [0, 0.05) is 12.2 Å². The Kier molecular flexibility index (Phi) is 6.19. The normalized spacial score (nSPS) is 13.8. The van der Waals surface area contributed by atoms with Crippen molar-refractivity contribution in [3.63, 3.8) is 0 Å². The van der Waals surface area contributed by atoms with Crippen LogP contribution in [-0.4, -0.2) is 31.1 Å². The number of hydrogen-bond acceptors (Lipinski definition) is 3. The van der Waals surface area contributed by atoms with E-state index in [1.54, 1.807) is 17.0 Å². The molecule has 1 atom stereocenters. The van der Waals surface area contributed by atoms with Gasteiger partial charge in [0.05, 0.1) is 12.3 Å². The van der Waals surface area contributed by atoms with E-state index in [0.29, 0.717) is 24.6 Å². The van der Waals surface area contributed by atoms with Gasteiger partial charge in [-0.2, -0.15) is 0 Å². The third-order valence-corrected chi connectivity index (χ3v) is 4.81. The van der Waals surface area contributed by atoms with Crippen LogP contribution in [0.15, 0.2) is 48.5 Å². The third-order valence-electron chi connectivity index (χ3n) is 4.81. The zero-order valence-electron chi connectivity index (χ0n) is 16.6. The Bertz CT molecular complexity index is 850. The monoisotopic (exact) mass is 381 g/mol. The predicted molar refractivity (Wildman–Crippen MR) is 111 cm³/mol. The maximum absolute atomic E-state index is 13.2. The van der Waals surface area contributed by atoms with Crippen molar-refractivity contribution >= 4 is 23.3 Å². The van der Waals surface area contributed by atoms with Crippen molar-refractivity contribution in [2.45, 2.75) is 33.2 Å². The number of carbonyl (C=O) groups excluding carboxylic acids is 2. The first-order valence-electron chi connectivity index (χ1n) is 9.70. The molecule has 1 aliphatic rings. The van der Waals surface area contributed by atoms with Gasteiger partial charge in [0.15, 0.2) is 0 Å². The molecule has 3 rings (SSSR count). The highest BCUT2D eigenvalue weighted by Crippen LogP contribution is 2.29. The molecule has 0 unspecified atom stereocenters. The Morgan fingerprint density at radius 2 is 1.82 bits per heavy atom. The van der Waals surface area contributed by atoms with E-state index in [2.05, 4.69) is 10.6 Å². The highest BCUT2D eigenvalue weighted by molar-refractivity contribution is 6.02. The lowest BCUT2D eigenvalue weighted by Gasteiger charge is -2.27. The number of benzene rings is 2. The second kappa shape index (κ2) is 8.78. The highest BCUT2D eigenvalue weighted by Gasteiger charge is 2.32. The third kappa shape index (κ3) is 4.27. The van der Waals surface area contributed by atoms with E-state index >= 15 is 0 Å². The number of anilines is 2. The van der Waals surface area contributed by atoms with E-state index in [0.717, 1.165) is 17.7 Å². The molecule has 0 bridgehead atoms. The molecule has 1 aliphatic heterocycles. The van der Waals surface area contributed by atoms with E-state index in [4.69, 9.17) is 4.74 Å². The zero-order chi connectivity index (χ0) is 20.1. The number of ether oxygens (including phenoxy) is 1. The molecule has 1 heterocycles. The molecule has 0 aliphatic carbocycles. The molecule has 0 radical (unpaired) electrons. The molecule has 0 fully saturated rings. The predicted octanol–water partition coefficient (Wildman–Crippen LogP) is 3.82. The largest absolute Gasteiger partial charge is 0.492 e. The molecule has 2 aromatic carbocycles. The number of para-hydroxylation sites is 3. The van der Waals surface area contributed by atoms with Gasteiger partial charge in [-0.15, -0.1) is 0 Å². The molecular weight excluding hydrogens is 354 g/mol. The van der Waals surface area contributed by atoms with Crippen molar-refractivity contribution < 1.29 is 14.3 Å². The van der Waals surface area contributed by atoms with Crippen LogP contribution in [0.1, 0.15) is 26.3 Å². The van der Waals surface area contributed by atoms with E-state index in [9.17, 15) is 9.59 Å². The number of nitrogens with one attached hydrogen (secondary N) is 2. The van der Waals surface area contributed by atoms with Crippen LogP contribution in [-0.2, 0) is 11.2 Å². The van der Waals surface area contributed by atoms with Crippen LogP contribution in [0.2, 0.25) is 0 Å². The summed E-state index contributed by atoms with van der Waals surface area (Å²) in [7, 11) is 0. The standard InChI is InChI=1S/C22H27N3O3/c1-4-28-19-12-8-6-10-17(19)23-22(27)24-20(15(2)3)21(26)25-14-13-16-9-5-7-11-18(16)25/h5-12,15,20H,4,13-14H2,1-3H3,(H2,23,24,27)/t20-/m0/s1. The van der Waals surface area contributed by atoms with Crippen LogP contribution in [0.4, 0.5) is 16.2 Å². The maximum Gasteiger partial charge on any atom is 0.320 e. The van der Waals surface area contributed by atoms with Gasteiger partial charge in [-0.25, -0.2) is 4.79 Å².